The van der Waals surface area contributed by atoms with E-state index in [1.165, 1.54) is 0 Å². The number of thiophene rings is 1. The number of halogens is 3. The van der Waals surface area contributed by atoms with Gasteiger partial charge in [0.25, 0.3) is 0 Å². The first-order valence-corrected chi connectivity index (χ1v) is 9.35. The van der Waals surface area contributed by atoms with Crippen molar-refractivity contribution in [2.75, 3.05) is 13.2 Å². The van der Waals surface area contributed by atoms with Crippen molar-refractivity contribution < 1.29 is 23.0 Å². The van der Waals surface area contributed by atoms with Gasteiger partial charge in [-0.2, -0.15) is 18.3 Å². The van der Waals surface area contributed by atoms with Gasteiger partial charge in [0.1, 0.15) is 16.6 Å². The molecule has 3 atom stereocenters. The Morgan fingerprint density at radius 2 is 2.31 bits per heavy atom. The number of piperidine rings is 1. The second-order valence-corrected chi connectivity index (χ2v) is 8.15. The topological polar surface area (TPSA) is 61.4 Å². The van der Waals surface area contributed by atoms with Crippen molar-refractivity contribution in [3.8, 4) is 0 Å². The molecule has 9 heteroatoms. The van der Waals surface area contributed by atoms with Gasteiger partial charge in [-0.25, -0.2) is 0 Å². The van der Waals surface area contributed by atoms with Gasteiger partial charge in [-0.1, -0.05) is 0 Å². The average molecular weight is 387 g/mol. The van der Waals surface area contributed by atoms with Crippen LogP contribution in [0.5, 0.6) is 0 Å². The molecule has 2 aromatic heterocycles. The monoisotopic (exact) mass is 387 g/mol. The highest BCUT2D eigenvalue weighted by atomic mass is 32.1. The molecule has 1 saturated heterocycles. The Bertz CT molecular complexity index is 777. The van der Waals surface area contributed by atoms with E-state index in [-0.39, 0.29) is 12.6 Å². The van der Waals surface area contributed by atoms with Gasteiger partial charge in [-0.05, 0) is 25.8 Å². The number of aliphatic hydroxyl groups excluding tert-OH is 1. The molecule has 4 rings (SSSR count). The number of hydrogen-bond donors (Lipinski definition) is 2. The number of likely N-dealkylation sites (tertiary alicyclic amines) is 1. The van der Waals surface area contributed by atoms with Crippen LogP contribution in [-0.2, 0) is 23.1 Å². The fourth-order valence-electron chi connectivity index (χ4n) is 3.97. The van der Waals surface area contributed by atoms with Crippen LogP contribution in [0.15, 0.2) is 18.5 Å². The SMILES string of the molecule is C[C@H]1C[C@@]2(CCN1Cc1cn[nH]c1)OC[C@@H](O)c1cc(C(F)(F)F)sc12. The van der Waals surface area contributed by atoms with E-state index in [0.29, 0.717) is 41.2 Å². The Labute approximate surface area is 152 Å². The first-order valence-electron chi connectivity index (χ1n) is 8.54. The molecule has 0 aromatic carbocycles. The molecule has 0 bridgehead atoms. The lowest BCUT2D eigenvalue weighted by atomic mass is 9.81. The van der Waals surface area contributed by atoms with Crippen molar-refractivity contribution >= 4 is 11.3 Å². The Morgan fingerprint density at radius 1 is 1.50 bits per heavy atom. The number of rotatable bonds is 2. The van der Waals surface area contributed by atoms with Gasteiger partial charge in [0.05, 0.1) is 12.8 Å². The highest BCUT2D eigenvalue weighted by Crippen LogP contribution is 2.51. The first kappa shape index (κ1) is 18.0. The predicted octanol–water partition coefficient (Wildman–Crippen LogP) is 3.43. The van der Waals surface area contributed by atoms with Crippen LogP contribution in [0.2, 0.25) is 0 Å². The molecule has 0 aliphatic carbocycles. The van der Waals surface area contributed by atoms with Crippen LogP contribution in [0, 0.1) is 0 Å². The summed E-state index contributed by atoms with van der Waals surface area (Å²) in [5.41, 5.74) is 0.711. The van der Waals surface area contributed by atoms with Gasteiger partial charge in [-0.15, -0.1) is 11.3 Å². The van der Waals surface area contributed by atoms with Crippen molar-refractivity contribution in [1.29, 1.82) is 0 Å². The lowest BCUT2D eigenvalue weighted by molar-refractivity contribution is -0.139. The minimum Gasteiger partial charge on any atom is -0.386 e. The van der Waals surface area contributed by atoms with Crippen LogP contribution in [-0.4, -0.2) is 39.4 Å². The van der Waals surface area contributed by atoms with E-state index in [2.05, 4.69) is 22.0 Å². The fourth-order valence-corrected chi connectivity index (χ4v) is 5.23. The Hall–Kier alpha value is -1.42. The number of fused-ring (bicyclic) bond motifs is 2. The summed E-state index contributed by atoms with van der Waals surface area (Å²) in [5.74, 6) is 0. The number of H-pyrrole nitrogens is 1. The maximum atomic E-state index is 13.2. The van der Waals surface area contributed by atoms with Crippen molar-refractivity contribution in [2.24, 2.45) is 0 Å². The van der Waals surface area contributed by atoms with Crippen LogP contribution in [0.25, 0.3) is 0 Å². The standard InChI is InChI=1S/C17H20F3N3O2S/c1-10-5-16(2-3-23(10)8-11-6-21-22-7-11)15-12(13(24)9-25-16)4-14(26-15)17(18,19)20/h4,6-7,10,13,24H,2-3,5,8-9H2,1H3,(H,21,22)/t10-,13+,16+/m0/s1. The third-order valence-electron chi connectivity index (χ3n) is 5.32. The zero-order valence-electron chi connectivity index (χ0n) is 14.2. The van der Waals surface area contributed by atoms with E-state index in [9.17, 15) is 18.3 Å². The molecule has 26 heavy (non-hydrogen) atoms. The molecule has 2 aliphatic heterocycles. The molecule has 0 amide bonds. The largest absolute Gasteiger partial charge is 0.425 e. The van der Waals surface area contributed by atoms with Crippen molar-refractivity contribution in [1.82, 2.24) is 15.1 Å². The predicted molar refractivity (Wildman–Crippen MR) is 89.6 cm³/mol. The number of alkyl halides is 3. The number of aromatic nitrogens is 2. The van der Waals surface area contributed by atoms with E-state index >= 15 is 0 Å². The van der Waals surface area contributed by atoms with E-state index in [1.807, 2.05) is 6.20 Å². The fraction of sp³-hybridized carbons (Fsp3) is 0.588. The molecule has 0 unspecified atom stereocenters. The average Bonchev–Trinajstić information content (AvgIpc) is 3.23. The van der Waals surface area contributed by atoms with E-state index < -0.39 is 22.8 Å². The molecule has 2 N–H and O–H groups in total. The van der Waals surface area contributed by atoms with Gasteiger partial charge >= 0.3 is 6.18 Å². The molecule has 1 fully saturated rings. The van der Waals surface area contributed by atoms with Gasteiger partial charge in [0, 0.05) is 41.3 Å². The number of nitrogens with one attached hydrogen (secondary N) is 1. The van der Waals surface area contributed by atoms with Gasteiger partial charge < -0.3 is 9.84 Å². The number of nitrogens with zero attached hydrogens (tertiary/aromatic N) is 2. The number of ether oxygens (including phenoxy) is 1. The summed E-state index contributed by atoms with van der Waals surface area (Å²) in [4.78, 5) is 2.15. The lowest BCUT2D eigenvalue weighted by Gasteiger charge is -2.47. The molecule has 0 saturated carbocycles. The summed E-state index contributed by atoms with van der Waals surface area (Å²) < 4.78 is 45.5. The van der Waals surface area contributed by atoms with E-state index in [4.69, 9.17) is 4.74 Å². The minimum atomic E-state index is -4.41. The highest BCUT2D eigenvalue weighted by molar-refractivity contribution is 7.12. The number of aromatic amines is 1. The summed E-state index contributed by atoms with van der Waals surface area (Å²) in [5, 5.41) is 16.9. The Balaban J connectivity index is 1.60. The maximum absolute atomic E-state index is 13.2. The maximum Gasteiger partial charge on any atom is 0.425 e. The van der Waals surface area contributed by atoms with Crippen LogP contribution < -0.4 is 0 Å². The van der Waals surface area contributed by atoms with Gasteiger partial charge in [-0.3, -0.25) is 10.00 Å². The zero-order chi connectivity index (χ0) is 18.5. The Morgan fingerprint density at radius 3 is 2.96 bits per heavy atom. The molecule has 5 nitrogen and oxygen atoms in total. The van der Waals surface area contributed by atoms with Crippen LogP contribution in [0.4, 0.5) is 13.2 Å². The number of hydrogen-bond acceptors (Lipinski definition) is 5. The zero-order valence-corrected chi connectivity index (χ0v) is 15.0. The molecule has 1 spiro atoms. The third kappa shape index (κ3) is 3.06. The Kier molecular flexibility index (Phi) is 4.37. The summed E-state index contributed by atoms with van der Waals surface area (Å²) in [6.07, 6.45) is -0.581. The lowest BCUT2D eigenvalue weighted by Crippen LogP contribution is -2.50. The van der Waals surface area contributed by atoms with Crippen molar-refractivity contribution in [2.45, 2.75) is 50.2 Å². The molecule has 2 aromatic rings. The molecule has 2 aliphatic rings. The van der Waals surface area contributed by atoms with Crippen LogP contribution in [0.3, 0.4) is 0 Å². The summed E-state index contributed by atoms with van der Waals surface area (Å²) in [6.45, 7) is 3.55. The molecule has 0 radical (unpaired) electrons. The number of aliphatic hydroxyl groups is 1. The minimum absolute atomic E-state index is 0.0372. The molecular formula is C17H20F3N3O2S. The smallest absolute Gasteiger partial charge is 0.386 e. The normalized spacial score (nSPS) is 29.9. The third-order valence-corrected chi connectivity index (χ3v) is 6.70. The summed E-state index contributed by atoms with van der Waals surface area (Å²) in [7, 11) is 0. The van der Waals surface area contributed by atoms with Gasteiger partial charge in [0.2, 0.25) is 0 Å². The van der Waals surface area contributed by atoms with Crippen LogP contribution in [0.1, 0.15) is 46.8 Å². The van der Waals surface area contributed by atoms with Crippen molar-refractivity contribution in [3.05, 3.63) is 39.3 Å². The second-order valence-electron chi connectivity index (χ2n) is 7.09. The molecule has 4 heterocycles. The molecule has 142 valence electrons. The van der Waals surface area contributed by atoms with Crippen molar-refractivity contribution in [3.63, 3.8) is 0 Å². The van der Waals surface area contributed by atoms with Gasteiger partial charge in [0.15, 0.2) is 0 Å². The highest BCUT2D eigenvalue weighted by Gasteiger charge is 2.48. The summed E-state index contributed by atoms with van der Waals surface area (Å²) in [6, 6.07) is 1.23. The molecular weight excluding hydrogens is 367 g/mol. The van der Waals surface area contributed by atoms with Crippen LogP contribution >= 0.6 is 11.3 Å². The second kappa shape index (κ2) is 6.33. The quantitative estimate of drug-likeness (QED) is 0.829. The van der Waals surface area contributed by atoms with E-state index in [0.717, 1.165) is 18.2 Å². The van der Waals surface area contributed by atoms with E-state index in [1.54, 1.807) is 6.20 Å². The first-order chi connectivity index (χ1) is 12.3. The summed E-state index contributed by atoms with van der Waals surface area (Å²) >= 11 is 0.716.